The SMILES string of the molecule is CCCNC(c1cc(Br)cc(Br)c1)c1cccc(F)c1F. The molecule has 2 aromatic carbocycles. The van der Waals surface area contributed by atoms with Crippen molar-refractivity contribution in [1.82, 2.24) is 5.32 Å². The van der Waals surface area contributed by atoms with Crippen LogP contribution in [-0.2, 0) is 0 Å². The molecule has 1 atom stereocenters. The summed E-state index contributed by atoms with van der Waals surface area (Å²) in [5, 5.41) is 3.28. The lowest BCUT2D eigenvalue weighted by molar-refractivity contribution is 0.480. The molecule has 0 amide bonds. The molecule has 0 aromatic heterocycles. The monoisotopic (exact) mass is 417 g/mol. The number of halogens is 4. The first-order valence-electron chi connectivity index (χ1n) is 6.66. The Balaban J connectivity index is 2.49. The summed E-state index contributed by atoms with van der Waals surface area (Å²) in [6.45, 7) is 2.74. The first-order valence-corrected chi connectivity index (χ1v) is 8.24. The van der Waals surface area contributed by atoms with Crippen molar-refractivity contribution in [3.8, 4) is 0 Å². The maximum absolute atomic E-state index is 14.1. The molecular formula is C16H15Br2F2N. The third-order valence-electron chi connectivity index (χ3n) is 3.11. The summed E-state index contributed by atoms with van der Waals surface area (Å²) in [6.07, 6.45) is 0.905. The fourth-order valence-corrected chi connectivity index (χ4v) is 3.51. The molecule has 1 unspecified atom stereocenters. The molecule has 5 heteroatoms. The summed E-state index contributed by atoms with van der Waals surface area (Å²) in [5.74, 6) is -1.63. The summed E-state index contributed by atoms with van der Waals surface area (Å²) in [6, 6.07) is 9.59. The highest BCUT2D eigenvalue weighted by molar-refractivity contribution is 9.11. The molecular weight excluding hydrogens is 404 g/mol. The smallest absolute Gasteiger partial charge is 0.163 e. The highest BCUT2D eigenvalue weighted by Gasteiger charge is 2.20. The molecule has 0 heterocycles. The molecule has 2 aromatic rings. The zero-order chi connectivity index (χ0) is 15.4. The fraction of sp³-hybridized carbons (Fsp3) is 0.250. The molecule has 0 bridgehead atoms. The fourth-order valence-electron chi connectivity index (χ4n) is 2.18. The quantitative estimate of drug-likeness (QED) is 0.668. The van der Waals surface area contributed by atoms with Crippen LogP contribution in [0.4, 0.5) is 8.78 Å². The van der Waals surface area contributed by atoms with E-state index in [2.05, 4.69) is 37.2 Å². The van der Waals surface area contributed by atoms with E-state index in [1.54, 1.807) is 6.07 Å². The zero-order valence-corrected chi connectivity index (χ0v) is 14.6. The van der Waals surface area contributed by atoms with E-state index in [1.165, 1.54) is 6.07 Å². The van der Waals surface area contributed by atoms with Crippen LogP contribution in [0.2, 0.25) is 0 Å². The molecule has 2 rings (SSSR count). The third-order valence-corrected chi connectivity index (χ3v) is 4.02. The highest BCUT2D eigenvalue weighted by atomic mass is 79.9. The van der Waals surface area contributed by atoms with E-state index in [0.717, 1.165) is 27.0 Å². The lowest BCUT2D eigenvalue weighted by Crippen LogP contribution is -2.24. The largest absolute Gasteiger partial charge is 0.306 e. The van der Waals surface area contributed by atoms with Crippen molar-refractivity contribution in [3.63, 3.8) is 0 Å². The van der Waals surface area contributed by atoms with Gasteiger partial charge in [0.25, 0.3) is 0 Å². The summed E-state index contributed by atoms with van der Waals surface area (Å²) < 4.78 is 29.4. The van der Waals surface area contributed by atoms with Gasteiger partial charge in [-0.2, -0.15) is 0 Å². The molecule has 0 aliphatic rings. The summed E-state index contributed by atoms with van der Waals surface area (Å²) in [7, 11) is 0. The number of benzene rings is 2. The topological polar surface area (TPSA) is 12.0 Å². The normalized spacial score (nSPS) is 12.4. The summed E-state index contributed by atoms with van der Waals surface area (Å²) in [4.78, 5) is 0. The maximum Gasteiger partial charge on any atom is 0.163 e. The van der Waals surface area contributed by atoms with E-state index in [1.807, 2.05) is 25.1 Å². The van der Waals surface area contributed by atoms with Crippen molar-refractivity contribution < 1.29 is 8.78 Å². The summed E-state index contributed by atoms with van der Waals surface area (Å²) in [5.41, 5.74) is 1.18. The van der Waals surface area contributed by atoms with Gasteiger partial charge in [-0.05, 0) is 42.8 Å². The second-order valence-corrected chi connectivity index (χ2v) is 6.56. The Morgan fingerprint density at radius 1 is 1.10 bits per heavy atom. The van der Waals surface area contributed by atoms with E-state index in [9.17, 15) is 8.78 Å². The minimum atomic E-state index is -0.829. The maximum atomic E-state index is 14.1. The standard InChI is InChI=1S/C16H15Br2F2N/c1-2-6-21-16(10-7-11(17)9-12(18)8-10)13-4-3-5-14(19)15(13)20/h3-5,7-9,16,21H,2,6H2,1H3. The van der Waals surface area contributed by atoms with Crippen molar-refractivity contribution in [1.29, 1.82) is 0 Å². The first kappa shape index (κ1) is 16.6. The van der Waals surface area contributed by atoms with Gasteiger partial charge in [0.15, 0.2) is 11.6 Å². The van der Waals surface area contributed by atoms with Crippen molar-refractivity contribution >= 4 is 31.9 Å². The Labute approximate surface area is 140 Å². The molecule has 0 fully saturated rings. The van der Waals surface area contributed by atoms with E-state index >= 15 is 0 Å². The number of rotatable bonds is 5. The van der Waals surface area contributed by atoms with Crippen molar-refractivity contribution in [2.75, 3.05) is 6.54 Å². The van der Waals surface area contributed by atoms with E-state index in [0.29, 0.717) is 12.1 Å². The molecule has 1 N–H and O–H groups in total. The molecule has 112 valence electrons. The zero-order valence-electron chi connectivity index (χ0n) is 11.5. The highest BCUT2D eigenvalue weighted by Crippen LogP contribution is 2.30. The van der Waals surface area contributed by atoms with Crippen LogP contribution in [0.1, 0.15) is 30.5 Å². The molecule has 0 aliphatic heterocycles. The Hall–Kier alpha value is -0.780. The van der Waals surface area contributed by atoms with Crippen molar-refractivity contribution in [2.24, 2.45) is 0 Å². The van der Waals surface area contributed by atoms with Crippen LogP contribution in [0, 0.1) is 11.6 Å². The van der Waals surface area contributed by atoms with Crippen LogP contribution in [0.25, 0.3) is 0 Å². The Morgan fingerprint density at radius 2 is 1.76 bits per heavy atom. The van der Waals surface area contributed by atoms with E-state index < -0.39 is 17.7 Å². The molecule has 1 nitrogen and oxygen atoms in total. The van der Waals surface area contributed by atoms with Crippen LogP contribution in [0.5, 0.6) is 0 Å². The second-order valence-electron chi connectivity index (χ2n) is 4.73. The van der Waals surface area contributed by atoms with Gasteiger partial charge < -0.3 is 5.32 Å². The summed E-state index contributed by atoms with van der Waals surface area (Å²) >= 11 is 6.86. The van der Waals surface area contributed by atoms with Crippen LogP contribution in [0.15, 0.2) is 45.3 Å². The number of nitrogens with one attached hydrogen (secondary N) is 1. The minimum Gasteiger partial charge on any atom is -0.306 e. The molecule has 0 saturated heterocycles. The van der Waals surface area contributed by atoms with Gasteiger partial charge >= 0.3 is 0 Å². The predicted molar refractivity (Wildman–Crippen MR) is 88.3 cm³/mol. The van der Waals surface area contributed by atoms with Gasteiger partial charge in [-0.3, -0.25) is 0 Å². The molecule has 0 radical (unpaired) electrons. The van der Waals surface area contributed by atoms with Gasteiger partial charge in [0.2, 0.25) is 0 Å². The van der Waals surface area contributed by atoms with Gasteiger partial charge in [0.05, 0.1) is 6.04 Å². The van der Waals surface area contributed by atoms with Crippen LogP contribution in [0.3, 0.4) is 0 Å². The molecule has 0 saturated carbocycles. The van der Waals surface area contributed by atoms with Gasteiger partial charge in [0.1, 0.15) is 0 Å². The average molecular weight is 419 g/mol. The van der Waals surface area contributed by atoms with Crippen molar-refractivity contribution in [2.45, 2.75) is 19.4 Å². The molecule has 0 spiro atoms. The molecule has 21 heavy (non-hydrogen) atoms. The van der Waals surface area contributed by atoms with Gasteiger partial charge in [-0.25, -0.2) is 8.78 Å². The third kappa shape index (κ3) is 4.11. The second kappa shape index (κ2) is 7.47. The van der Waals surface area contributed by atoms with Crippen molar-refractivity contribution in [3.05, 3.63) is 68.1 Å². The number of hydrogen-bond acceptors (Lipinski definition) is 1. The van der Waals surface area contributed by atoms with Gasteiger partial charge in [-0.15, -0.1) is 0 Å². The lowest BCUT2D eigenvalue weighted by atomic mass is 9.98. The van der Waals surface area contributed by atoms with Gasteiger partial charge in [-0.1, -0.05) is 50.9 Å². The average Bonchev–Trinajstić information content (AvgIpc) is 2.42. The van der Waals surface area contributed by atoms with E-state index in [4.69, 9.17) is 0 Å². The van der Waals surface area contributed by atoms with Crippen LogP contribution >= 0.6 is 31.9 Å². The number of hydrogen-bond donors (Lipinski definition) is 1. The van der Waals surface area contributed by atoms with Crippen LogP contribution < -0.4 is 5.32 Å². The predicted octanol–water partition coefficient (Wildman–Crippen LogP) is 5.58. The minimum absolute atomic E-state index is 0.313. The Morgan fingerprint density at radius 3 is 2.38 bits per heavy atom. The molecule has 0 aliphatic carbocycles. The van der Waals surface area contributed by atoms with Gasteiger partial charge in [0, 0.05) is 14.5 Å². The lowest BCUT2D eigenvalue weighted by Gasteiger charge is -2.21. The van der Waals surface area contributed by atoms with E-state index in [-0.39, 0.29) is 0 Å². The van der Waals surface area contributed by atoms with Crippen LogP contribution in [-0.4, -0.2) is 6.54 Å². The Bertz CT molecular complexity index is 611. The Kier molecular flexibility index (Phi) is 5.90. The first-order chi connectivity index (χ1) is 10.0.